The van der Waals surface area contributed by atoms with Crippen LogP contribution in [0.15, 0.2) is 29.2 Å². The van der Waals surface area contributed by atoms with Crippen molar-refractivity contribution >= 4 is 9.84 Å². The predicted molar refractivity (Wildman–Crippen MR) is 66.5 cm³/mol. The Balaban J connectivity index is 1.79. The first-order valence-electron chi connectivity index (χ1n) is 6.13. The summed E-state index contributed by atoms with van der Waals surface area (Å²) in [7, 11) is -3.06. The molecule has 1 fully saturated rings. The summed E-state index contributed by atoms with van der Waals surface area (Å²) in [6.07, 6.45) is 1.27. The van der Waals surface area contributed by atoms with E-state index in [9.17, 15) is 8.42 Å². The van der Waals surface area contributed by atoms with E-state index >= 15 is 0 Å². The first kappa shape index (κ1) is 11.2. The molecule has 1 aromatic rings. The number of hydrogen-bond donors (Lipinski definition) is 1. The van der Waals surface area contributed by atoms with Crippen LogP contribution in [-0.2, 0) is 9.84 Å². The van der Waals surface area contributed by atoms with Gasteiger partial charge in [-0.1, -0.05) is 25.1 Å². The lowest BCUT2D eigenvalue weighted by molar-refractivity contribution is 0.535. The molecule has 0 spiro atoms. The third kappa shape index (κ3) is 2.00. The van der Waals surface area contributed by atoms with E-state index in [1.54, 1.807) is 12.1 Å². The van der Waals surface area contributed by atoms with Crippen LogP contribution in [0.1, 0.15) is 24.9 Å². The van der Waals surface area contributed by atoms with Gasteiger partial charge in [-0.25, -0.2) is 8.42 Å². The number of fused-ring (bicyclic) bond motifs is 1. The van der Waals surface area contributed by atoms with Gasteiger partial charge in [0.1, 0.15) is 0 Å². The van der Waals surface area contributed by atoms with Crippen LogP contribution in [0.2, 0.25) is 0 Å². The highest BCUT2D eigenvalue weighted by Crippen LogP contribution is 2.38. The van der Waals surface area contributed by atoms with E-state index in [4.69, 9.17) is 0 Å². The molecule has 1 aliphatic carbocycles. The van der Waals surface area contributed by atoms with Gasteiger partial charge in [0.2, 0.25) is 0 Å². The first-order chi connectivity index (χ1) is 8.08. The topological polar surface area (TPSA) is 46.2 Å². The van der Waals surface area contributed by atoms with Gasteiger partial charge in [-0.3, -0.25) is 0 Å². The molecule has 0 aromatic heterocycles. The number of nitrogens with one attached hydrogen (secondary N) is 1. The summed E-state index contributed by atoms with van der Waals surface area (Å²) in [5.41, 5.74) is 0.945. The van der Waals surface area contributed by atoms with Gasteiger partial charge in [-0.2, -0.15) is 0 Å². The summed E-state index contributed by atoms with van der Waals surface area (Å²) in [6, 6.07) is 7.33. The highest BCUT2D eigenvalue weighted by molar-refractivity contribution is 7.91. The maximum Gasteiger partial charge on any atom is 0.180 e. The number of sulfone groups is 1. The van der Waals surface area contributed by atoms with E-state index < -0.39 is 9.84 Å². The van der Waals surface area contributed by atoms with Crippen molar-refractivity contribution in [2.75, 3.05) is 12.3 Å². The second-order valence-corrected chi connectivity index (χ2v) is 7.26. The molecule has 0 amide bonds. The molecule has 92 valence electrons. The summed E-state index contributed by atoms with van der Waals surface area (Å²) in [6.45, 7) is 3.18. The molecule has 3 atom stereocenters. The lowest BCUT2D eigenvalue weighted by atomic mass is 10.1. The third-order valence-electron chi connectivity index (χ3n) is 3.92. The molecule has 1 aliphatic heterocycles. The Morgan fingerprint density at radius 3 is 2.76 bits per heavy atom. The Bertz CT molecular complexity index is 538. The van der Waals surface area contributed by atoms with E-state index in [1.807, 2.05) is 12.1 Å². The quantitative estimate of drug-likeness (QED) is 0.890. The fourth-order valence-corrected chi connectivity index (χ4v) is 4.37. The SMILES string of the molecule is CC1CC1CNC1CS(=O)(=O)c2ccccc21. The average Bonchev–Trinajstić information content (AvgIpc) is 2.93. The van der Waals surface area contributed by atoms with Crippen LogP contribution in [0.3, 0.4) is 0 Å². The third-order valence-corrected chi connectivity index (χ3v) is 5.73. The number of hydrogen-bond acceptors (Lipinski definition) is 3. The fraction of sp³-hybridized carbons (Fsp3) is 0.538. The summed E-state index contributed by atoms with van der Waals surface area (Å²) in [5.74, 6) is 1.76. The molecule has 3 nitrogen and oxygen atoms in total. The van der Waals surface area contributed by atoms with Crippen LogP contribution >= 0.6 is 0 Å². The van der Waals surface area contributed by atoms with Gasteiger partial charge in [0.25, 0.3) is 0 Å². The first-order valence-corrected chi connectivity index (χ1v) is 7.78. The molecule has 1 saturated carbocycles. The molecular weight excluding hydrogens is 234 g/mol. The highest BCUT2D eigenvalue weighted by atomic mass is 32.2. The van der Waals surface area contributed by atoms with Gasteiger partial charge in [0, 0.05) is 6.04 Å². The smallest absolute Gasteiger partial charge is 0.180 e. The van der Waals surface area contributed by atoms with Gasteiger partial charge < -0.3 is 5.32 Å². The Labute approximate surface area is 102 Å². The molecule has 0 bridgehead atoms. The van der Waals surface area contributed by atoms with Crippen molar-refractivity contribution in [3.8, 4) is 0 Å². The van der Waals surface area contributed by atoms with Crippen molar-refractivity contribution in [1.29, 1.82) is 0 Å². The molecule has 17 heavy (non-hydrogen) atoms. The Hall–Kier alpha value is -0.870. The van der Waals surface area contributed by atoms with Crippen molar-refractivity contribution in [2.24, 2.45) is 11.8 Å². The Morgan fingerprint density at radius 1 is 1.35 bits per heavy atom. The van der Waals surface area contributed by atoms with Crippen molar-refractivity contribution in [2.45, 2.75) is 24.3 Å². The molecule has 0 saturated heterocycles. The number of rotatable bonds is 3. The van der Waals surface area contributed by atoms with Gasteiger partial charge >= 0.3 is 0 Å². The Morgan fingerprint density at radius 2 is 2.06 bits per heavy atom. The predicted octanol–water partition coefficient (Wildman–Crippen LogP) is 1.76. The molecule has 0 radical (unpaired) electrons. The molecule has 4 heteroatoms. The van der Waals surface area contributed by atoms with E-state index in [2.05, 4.69) is 12.2 Å². The zero-order valence-corrected chi connectivity index (χ0v) is 10.7. The zero-order chi connectivity index (χ0) is 12.0. The van der Waals surface area contributed by atoms with Gasteiger partial charge in [-0.15, -0.1) is 0 Å². The minimum absolute atomic E-state index is 0.0102. The van der Waals surface area contributed by atoms with E-state index in [-0.39, 0.29) is 11.8 Å². The summed E-state index contributed by atoms with van der Waals surface area (Å²) >= 11 is 0. The van der Waals surface area contributed by atoms with Crippen molar-refractivity contribution in [1.82, 2.24) is 5.32 Å². The van der Waals surface area contributed by atoms with Crippen LogP contribution < -0.4 is 5.32 Å². The van der Waals surface area contributed by atoms with E-state index in [1.165, 1.54) is 6.42 Å². The largest absolute Gasteiger partial charge is 0.309 e. The molecular formula is C13H17NO2S. The van der Waals surface area contributed by atoms with E-state index in [0.717, 1.165) is 23.9 Å². The minimum Gasteiger partial charge on any atom is -0.309 e. The molecule has 1 heterocycles. The lowest BCUT2D eigenvalue weighted by Crippen LogP contribution is -2.25. The standard InChI is InChI=1S/C13H17NO2S/c1-9-6-10(9)7-14-12-8-17(15,16)13-5-3-2-4-11(12)13/h2-5,9-10,12,14H,6-8H2,1H3. The number of benzene rings is 1. The molecule has 3 rings (SSSR count). The highest BCUT2D eigenvalue weighted by Gasteiger charge is 2.37. The lowest BCUT2D eigenvalue weighted by Gasteiger charge is -2.11. The van der Waals surface area contributed by atoms with Gasteiger partial charge in [-0.05, 0) is 36.4 Å². The van der Waals surface area contributed by atoms with E-state index in [0.29, 0.717) is 4.90 Å². The zero-order valence-electron chi connectivity index (χ0n) is 9.89. The molecule has 1 aromatic carbocycles. The van der Waals surface area contributed by atoms with Crippen molar-refractivity contribution in [3.63, 3.8) is 0 Å². The van der Waals surface area contributed by atoms with Crippen LogP contribution in [0.25, 0.3) is 0 Å². The maximum atomic E-state index is 11.9. The monoisotopic (exact) mass is 251 g/mol. The van der Waals surface area contributed by atoms with Gasteiger partial charge in [0.15, 0.2) is 9.84 Å². The Kier molecular flexibility index (Phi) is 2.52. The van der Waals surface area contributed by atoms with Gasteiger partial charge in [0.05, 0.1) is 10.6 Å². The normalized spacial score (nSPS) is 33.4. The van der Waals surface area contributed by atoms with Crippen molar-refractivity contribution in [3.05, 3.63) is 29.8 Å². The minimum atomic E-state index is -3.06. The van der Waals surface area contributed by atoms with Crippen LogP contribution in [0.5, 0.6) is 0 Å². The van der Waals surface area contributed by atoms with Crippen LogP contribution in [0.4, 0.5) is 0 Å². The maximum absolute atomic E-state index is 11.9. The second-order valence-electron chi connectivity index (χ2n) is 5.25. The molecule has 3 unspecified atom stereocenters. The average molecular weight is 251 g/mol. The van der Waals surface area contributed by atoms with Crippen molar-refractivity contribution < 1.29 is 8.42 Å². The fourth-order valence-electron chi connectivity index (χ4n) is 2.60. The summed E-state index contributed by atoms with van der Waals surface area (Å²) < 4.78 is 23.9. The second kappa shape index (κ2) is 3.82. The molecule has 1 N–H and O–H groups in total. The summed E-state index contributed by atoms with van der Waals surface area (Å²) in [5, 5.41) is 3.41. The van der Waals surface area contributed by atoms with Crippen LogP contribution in [-0.4, -0.2) is 20.7 Å². The summed E-state index contributed by atoms with van der Waals surface area (Å²) in [4.78, 5) is 0.515. The molecule has 2 aliphatic rings. The van der Waals surface area contributed by atoms with Crippen LogP contribution in [0, 0.1) is 11.8 Å².